The van der Waals surface area contributed by atoms with Gasteiger partial charge in [-0.1, -0.05) is 41.7 Å². The molecule has 1 heterocycles. The van der Waals surface area contributed by atoms with Gasteiger partial charge in [0.1, 0.15) is 27.2 Å². The third-order valence-electron chi connectivity index (χ3n) is 4.67. The van der Waals surface area contributed by atoms with Crippen molar-refractivity contribution in [2.75, 3.05) is 19.0 Å². The van der Waals surface area contributed by atoms with E-state index in [1.807, 2.05) is 61.5 Å². The number of hydrogen-bond donors (Lipinski definition) is 1. The Hall–Kier alpha value is -3.64. The highest BCUT2D eigenvalue weighted by Crippen LogP contribution is 2.38. The molecule has 1 aromatic heterocycles. The van der Waals surface area contributed by atoms with E-state index >= 15 is 0 Å². The number of benzene rings is 3. The summed E-state index contributed by atoms with van der Waals surface area (Å²) in [7, 11) is 1.60. The van der Waals surface area contributed by atoms with Gasteiger partial charge in [0, 0.05) is 16.7 Å². The first-order valence-electron chi connectivity index (χ1n) is 9.93. The number of hydrogen-bond acceptors (Lipinski definition) is 5. The summed E-state index contributed by atoms with van der Waals surface area (Å²) >= 11 is 1.45. The first-order valence-corrected chi connectivity index (χ1v) is 10.7. The molecule has 0 aliphatic carbocycles. The molecule has 0 aliphatic heterocycles. The predicted octanol–water partition coefficient (Wildman–Crippen LogP) is 6.14. The van der Waals surface area contributed by atoms with Gasteiger partial charge >= 0.3 is 0 Å². The maximum Gasteiger partial charge on any atom is 0.256 e. The summed E-state index contributed by atoms with van der Waals surface area (Å²) < 4.78 is 10.7. The fraction of sp³-hybridized carbons (Fsp3) is 0.120. The largest absolute Gasteiger partial charge is 0.497 e. The number of nitrogens with one attached hydrogen (secondary N) is 1. The van der Waals surface area contributed by atoms with E-state index in [1.54, 1.807) is 31.4 Å². The number of carbonyl (C=O) groups excluding carboxylic acids is 1. The van der Waals surface area contributed by atoms with Gasteiger partial charge in [0.25, 0.3) is 5.91 Å². The maximum atomic E-state index is 12.9. The minimum absolute atomic E-state index is 0.193. The van der Waals surface area contributed by atoms with E-state index in [1.165, 1.54) is 11.3 Å². The topological polar surface area (TPSA) is 60.5 Å². The smallest absolute Gasteiger partial charge is 0.256 e. The van der Waals surface area contributed by atoms with E-state index in [-0.39, 0.29) is 5.91 Å². The van der Waals surface area contributed by atoms with Crippen LogP contribution in [0.15, 0.2) is 78.9 Å². The molecule has 156 valence electrons. The van der Waals surface area contributed by atoms with Crippen LogP contribution in [0.3, 0.4) is 0 Å². The maximum absolute atomic E-state index is 12.9. The Balaban J connectivity index is 1.67. The lowest BCUT2D eigenvalue weighted by Gasteiger charge is -2.06. The van der Waals surface area contributed by atoms with Gasteiger partial charge in [0.05, 0.1) is 13.7 Å². The van der Waals surface area contributed by atoms with Crippen LogP contribution in [0.4, 0.5) is 5.00 Å². The van der Waals surface area contributed by atoms with E-state index in [0.29, 0.717) is 22.9 Å². The molecule has 0 fully saturated rings. The Labute approximate surface area is 185 Å². The highest BCUT2D eigenvalue weighted by Gasteiger charge is 2.17. The second-order valence-electron chi connectivity index (χ2n) is 6.70. The van der Waals surface area contributed by atoms with Gasteiger partial charge in [-0.25, -0.2) is 4.98 Å². The lowest BCUT2D eigenvalue weighted by Crippen LogP contribution is -2.11. The summed E-state index contributed by atoms with van der Waals surface area (Å²) in [5.41, 5.74) is 3.21. The first-order chi connectivity index (χ1) is 15.2. The zero-order valence-electron chi connectivity index (χ0n) is 17.3. The molecule has 1 N–H and O–H groups in total. The Morgan fingerprint density at radius 1 is 0.903 bits per heavy atom. The van der Waals surface area contributed by atoms with Crippen molar-refractivity contribution in [2.45, 2.75) is 6.92 Å². The first kappa shape index (κ1) is 20.6. The number of carbonyl (C=O) groups is 1. The minimum Gasteiger partial charge on any atom is -0.497 e. The third-order valence-corrected chi connectivity index (χ3v) is 5.69. The monoisotopic (exact) mass is 430 g/mol. The van der Waals surface area contributed by atoms with Gasteiger partial charge in [0.2, 0.25) is 0 Å². The Kier molecular flexibility index (Phi) is 6.29. The zero-order chi connectivity index (χ0) is 21.6. The number of aromatic nitrogens is 1. The molecule has 4 aromatic rings. The number of anilines is 1. The Morgan fingerprint density at radius 2 is 1.58 bits per heavy atom. The number of ether oxygens (including phenoxy) is 2. The molecule has 5 nitrogen and oxygen atoms in total. The van der Waals surface area contributed by atoms with E-state index in [4.69, 9.17) is 14.5 Å². The lowest BCUT2D eigenvalue weighted by atomic mass is 10.1. The normalized spacial score (nSPS) is 10.5. The van der Waals surface area contributed by atoms with E-state index in [0.717, 1.165) is 27.6 Å². The average molecular weight is 431 g/mol. The fourth-order valence-corrected chi connectivity index (χ4v) is 4.09. The van der Waals surface area contributed by atoms with Crippen molar-refractivity contribution in [3.05, 3.63) is 84.4 Å². The van der Waals surface area contributed by atoms with Crippen molar-refractivity contribution in [3.63, 3.8) is 0 Å². The molecule has 1 amide bonds. The van der Waals surface area contributed by atoms with E-state index in [2.05, 4.69) is 5.32 Å². The Bertz CT molecular complexity index is 1150. The van der Waals surface area contributed by atoms with Crippen molar-refractivity contribution in [1.29, 1.82) is 0 Å². The van der Waals surface area contributed by atoms with Crippen molar-refractivity contribution >= 4 is 22.2 Å². The number of rotatable bonds is 7. The summed E-state index contributed by atoms with van der Waals surface area (Å²) in [6, 6.07) is 24.7. The standard InChI is InChI=1S/C25H22N2O3S/c1-3-30-21-15-11-19(12-16-21)24-26-22(17-7-5-4-6-8-17)25(31-24)27-23(28)18-9-13-20(29-2)14-10-18/h4-16H,3H2,1-2H3,(H,27,28). The van der Waals surface area contributed by atoms with Crippen LogP contribution in [0.1, 0.15) is 17.3 Å². The molecule has 0 radical (unpaired) electrons. The van der Waals surface area contributed by atoms with Crippen LogP contribution < -0.4 is 14.8 Å². The minimum atomic E-state index is -0.193. The molecule has 31 heavy (non-hydrogen) atoms. The molecule has 4 rings (SSSR count). The van der Waals surface area contributed by atoms with Gasteiger partial charge in [-0.15, -0.1) is 0 Å². The van der Waals surface area contributed by atoms with E-state index in [9.17, 15) is 4.79 Å². The van der Waals surface area contributed by atoms with Crippen LogP contribution in [-0.2, 0) is 0 Å². The second-order valence-corrected chi connectivity index (χ2v) is 7.70. The van der Waals surface area contributed by atoms with Crippen LogP contribution >= 0.6 is 11.3 Å². The number of nitrogens with zero attached hydrogens (tertiary/aromatic N) is 1. The molecule has 0 spiro atoms. The summed E-state index contributed by atoms with van der Waals surface area (Å²) in [5.74, 6) is 1.33. The van der Waals surface area contributed by atoms with Crippen LogP contribution in [0, 0.1) is 0 Å². The van der Waals surface area contributed by atoms with Gasteiger partial charge in [-0.2, -0.15) is 0 Å². The molecule has 3 aromatic carbocycles. The number of methoxy groups -OCH3 is 1. The summed E-state index contributed by atoms with van der Waals surface area (Å²) in [6.45, 7) is 2.58. The second kappa shape index (κ2) is 9.45. The number of thiazole rings is 1. The van der Waals surface area contributed by atoms with Gasteiger partial charge < -0.3 is 14.8 Å². The highest BCUT2D eigenvalue weighted by atomic mass is 32.1. The van der Waals surface area contributed by atoms with Crippen molar-refractivity contribution in [2.24, 2.45) is 0 Å². The van der Waals surface area contributed by atoms with Crippen LogP contribution in [0.25, 0.3) is 21.8 Å². The molecular weight excluding hydrogens is 408 g/mol. The van der Waals surface area contributed by atoms with Gasteiger partial charge in [0.15, 0.2) is 0 Å². The van der Waals surface area contributed by atoms with Gasteiger partial charge in [-0.05, 0) is 55.5 Å². The van der Waals surface area contributed by atoms with Crippen LogP contribution in [-0.4, -0.2) is 24.6 Å². The molecule has 0 bridgehead atoms. The number of amides is 1. The molecule has 0 saturated carbocycles. The lowest BCUT2D eigenvalue weighted by molar-refractivity contribution is 0.102. The quantitative estimate of drug-likeness (QED) is 0.383. The zero-order valence-corrected chi connectivity index (χ0v) is 18.1. The molecule has 0 saturated heterocycles. The van der Waals surface area contributed by atoms with Gasteiger partial charge in [-0.3, -0.25) is 4.79 Å². The van der Waals surface area contributed by atoms with Crippen LogP contribution in [0.2, 0.25) is 0 Å². The Morgan fingerprint density at radius 3 is 2.23 bits per heavy atom. The summed E-state index contributed by atoms with van der Waals surface area (Å²) in [6.07, 6.45) is 0. The summed E-state index contributed by atoms with van der Waals surface area (Å²) in [5, 5.41) is 4.57. The van der Waals surface area contributed by atoms with Crippen molar-refractivity contribution in [1.82, 2.24) is 4.98 Å². The summed E-state index contributed by atoms with van der Waals surface area (Å²) in [4.78, 5) is 17.7. The van der Waals surface area contributed by atoms with Crippen molar-refractivity contribution < 1.29 is 14.3 Å². The highest BCUT2D eigenvalue weighted by molar-refractivity contribution is 7.19. The fourth-order valence-electron chi connectivity index (χ4n) is 3.10. The molecule has 0 aliphatic rings. The molecular formula is C25H22N2O3S. The average Bonchev–Trinajstić information content (AvgIpc) is 3.24. The molecule has 0 unspecified atom stereocenters. The van der Waals surface area contributed by atoms with Crippen LogP contribution in [0.5, 0.6) is 11.5 Å². The molecule has 6 heteroatoms. The SMILES string of the molecule is CCOc1ccc(-c2nc(-c3ccccc3)c(NC(=O)c3ccc(OC)cc3)s2)cc1. The molecule has 0 atom stereocenters. The predicted molar refractivity (Wildman–Crippen MR) is 125 cm³/mol. The third kappa shape index (κ3) is 4.75. The van der Waals surface area contributed by atoms with E-state index < -0.39 is 0 Å². The van der Waals surface area contributed by atoms with Crippen molar-refractivity contribution in [3.8, 4) is 33.3 Å².